The molecular formula is C28H38N4O4. The number of carbonyl (C=O) groups is 3. The van der Waals surface area contributed by atoms with Crippen molar-refractivity contribution < 1.29 is 19.1 Å². The molecule has 1 aromatic heterocycles. The maximum atomic E-state index is 13.4. The van der Waals surface area contributed by atoms with Crippen LogP contribution in [0.25, 0.3) is 0 Å². The molecule has 4 rings (SSSR count). The van der Waals surface area contributed by atoms with E-state index < -0.39 is 5.60 Å². The molecule has 0 spiro atoms. The van der Waals surface area contributed by atoms with Gasteiger partial charge in [0.1, 0.15) is 11.3 Å². The summed E-state index contributed by atoms with van der Waals surface area (Å²) < 4.78 is 7.56. The first-order chi connectivity index (χ1) is 17.2. The van der Waals surface area contributed by atoms with Gasteiger partial charge in [-0.25, -0.2) is 4.79 Å². The van der Waals surface area contributed by atoms with E-state index in [1.165, 1.54) is 5.56 Å². The van der Waals surface area contributed by atoms with E-state index in [9.17, 15) is 14.4 Å². The van der Waals surface area contributed by atoms with Crippen LogP contribution >= 0.6 is 0 Å². The predicted octanol–water partition coefficient (Wildman–Crippen LogP) is 4.22. The summed E-state index contributed by atoms with van der Waals surface area (Å²) in [6, 6.07) is 11.7. The number of ether oxygens (including phenoxy) is 1. The SMILES string of the molecule is CCc1ccc(C(=O)N2CCN(C(=O)c3cccn3C3CCN(C(=O)OC(C)(C)C)CC3)CC2)cc1. The number of likely N-dealkylation sites (tertiary alicyclic amines) is 1. The highest BCUT2D eigenvalue weighted by molar-refractivity contribution is 5.95. The van der Waals surface area contributed by atoms with Gasteiger partial charge >= 0.3 is 6.09 Å². The summed E-state index contributed by atoms with van der Waals surface area (Å²) in [7, 11) is 0. The van der Waals surface area contributed by atoms with Crippen molar-refractivity contribution in [3.63, 3.8) is 0 Å². The number of piperidine rings is 1. The number of nitrogens with zero attached hydrogens (tertiary/aromatic N) is 4. The van der Waals surface area contributed by atoms with Crippen LogP contribution in [0.15, 0.2) is 42.6 Å². The molecule has 2 fully saturated rings. The van der Waals surface area contributed by atoms with Crippen molar-refractivity contribution in [1.82, 2.24) is 19.3 Å². The Hall–Kier alpha value is -3.29. The van der Waals surface area contributed by atoms with Crippen molar-refractivity contribution in [2.24, 2.45) is 0 Å². The Morgan fingerprint density at radius 1 is 0.833 bits per heavy atom. The van der Waals surface area contributed by atoms with Gasteiger partial charge in [0.25, 0.3) is 11.8 Å². The summed E-state index contributed by atoms with van der Waals surface area (Å²) >= 11 is 0. The minimum Gasteiger partial charge on any atom is -0.444 e. The van der Waals surface area contributed by atoms with Gasteiger partial charge in [0.15, 0.2) is 0 Å². The summed E-state index contributed by atoms with van der Waals surface area (Å²) in [6.45, 7) is 11.0. The zero-order valence-electron chi connectivity index (χ0n) is 21.9. The second-order valence-corrected chi connectivity index (χ2v) is 10.6. The van der Waals surface area contributed by atoms with Crippen molar-refractivity contribution in [3.05, 3.63) is 59.4 Å². The number of piperazine rings is 1. The quantitative estimate of drug-likeness (QED) is 0.638. The third-order valence-corrected chi connectivity index (χ3v) is 6.97. The highest BCUT2D eigenvalue weighted by Gasteiger charge is 2.31. The van der Waals surface area contributed by atoms with Crippen LogP contribution in [-0.4, -0.2) is 82.0 Å². The molecule has 8 nitrogen and oxygen atoms in total. The van der Waals surface area contributed by atoms with Crippen LogP contribution in [0.1, 0.15) is 73.0 Å². The summed E-state index contributed by atoms with van der Waals surface area (Å²) in [5, 5.41) is 0. The Bertz CT molecular complexity index is 1070. The summed E-state index contributed by atoms with van der Waals surface area (Å²) in [6.07, 6.45) is 4.17. The lowest BCUT2D eigenvalue weighted by Crippen LogP contribution is -2.51. The standard InChI is InChI=1S/C28H38N4O4/c1-5-21-8-10-22(11-9-21)25(33)29-17-19-30(20-18-29)26(34)24-7-6-14-32(24)23-12-15-31(16-13-23)27(35)36-28(2,3)4/h6-11,14,23H,5,12-13,15-20H2,1-4H3. The Morgan fingerprint density at radius 3 is 1.97 bits per heavy atom. The number of hydrogen-bond acceptors (Lipinski definition) is 4. The lowest BCUT2D eigenvalue weighted by Gasteiger charge is -2.36. The number of aromatic nitrogens is 1. The molecule has 0 unspecified atom stereocenters. The Labute approximate surface area is 213 Å². The third-order valence-electron chi connectivity index (χ3n) is 6.97. The Kier molecular flexibility index (Phi) is 7.71. The molecule has 36 heavy (non-hydrogen) atoms. The fraction of sp³-hybridized carbons (Fsp3) is 0.536. The average molecular weight is 495 g/mol. The molecule has 2 aliphatic rings. The normalized spacial score (nSPS) is 17.3. The summed E-state index contributed by atoms with van der Waals surface area (Å²) in [5.74, 6) is 0.0128. The molecule has 0 radical (unpaired) electrons. The van der Waals surface area contributed by atoms with E-state index in [0.717, 1.165) is 19.3 Å². The van der Waals surface area contributed by atoms with Gasteiger partial charge in [0, 0.05) is 57.1 Å². The van der Waals surface area contributed by atoms with E-state index in [4.69, 9.17) is 4.74 Å². The Morgan fingerprint density at radius 2 is 1.42 bits per heavy atom. The second-order valence-electron chi connectivity index (χ2n) is 10.6. The van der Waals surface area contributed by atoms with Crippen LogP contribution in [0.3, 0.4) is 0 Å². The molecule has 0 N–H and O–H groups in total. The first-order valence-corrected chi connectivity index (χ1v) is 13.0. The number of hydrogen-bond donors (Lipinski definition) is 0. The van der Waals surface area contributed by atoms with Crippen molar-refractivity contribution in [2.75, 3.05) is 39.3 Å². The first-order valence-electron chi connectivity index (χ1n) is 13.0. The van der Waals surface area contributed by atoms with Gasteiger partial charge in [-0.05, 0) is 69.9 Å². The number of amides is 3. The molecule has 0 bridgehead atoms. The molecule has 3 amide bonds. The molecule has 2 aliphatic heterocycles. The fourth-order valence-corrected chi connectivity index (χ4v) is 4.89. The number of benzene rings is 1. The van der Waals surface area contributed by atoms with Gasteiger partial charge in [0.05, 0.1) is 0 Å². The molecule has 3 heterocycles. The third kappa shape index (κ3) is 5.91. The van der Waals surface area contributed by atoms with Crippen LogP contribution in [0.5, 0.6) is 0 Å². The van der Waals surface area contributed by atoms with E-state index in [-0.39, 0.29) is 23.9 Å². The fourth-order valence-electron chi connectivity index (χ4n) is 4.89. The highest BCUT2D eigenvalue weighted by Crippen LogP contribution is 2.26. The van der Waals surface area contributed by atoms with Gasteiger partial charge in [-0.2, -0.15) is 0 Å². The minimum absolute atomic E-state index is 0.00558. The summed E-state index contributed by atoms with van der Waals surface area (Å²) in [5.41, 5.74) is 2.06. The molecule has 8 heteroatoms. The van der Waals surface area contributed by atoms with E-state index in [2.05, 4.69) is 11.5 Å². The molecule has 0 saturated carbocycles. The van der Waals surface area contributed by atoms with Crippen LogP contribution in [0.2, 0.25) is 0 Å². The Balaban J connectivity index is 1.32. The van der Waals surface area contributed by atoms with E-state index in [1.54, 1.807) is 4.90 Å². The zero-order valence-corrected chi connectivity index (χ0v) is 21.9. The zero-order chi connectivity index (χ0) is 25.9. The van der Waals surface area contributed by atoms with Crippen molar-refractivity contribution in [2.45, 2.75) is 58.6 Å². The van der Waals surface area contributed by atoms with E-state index in [1.807, 2.05) is 73.2 Å². The van der Waals surface area contributed by atoms with Crippen molar-refractivity contribution in [1.29, 1.82) is 0 Å². The van der Waals surface area contributed by atoms with Gasteiger partial charge < -0.3 is 24.0 Å². The van der Waals surface area contributed by atoms with Gasteiger partial charge in [-0.1, -0.05) is 19.1 Å². The molecule has 2 saturated heterocycles. The smallest absolute Gasteiger partial charge is 0.410 e. The molecule has 1 aromatic carbocycles. The maximum Gasteiger partial charge on any atom is 0.410 e. The van der Waals surface area contributed by atoms with E-state index in [0.29, 0.717) is 50.5 Å². The number of carbonyl (C=O) groups excluding carboxylic acids is 3. The number of rotatable bonds is 4. The second kappa shape index (κ2) is 10.8. The molecule has 0 atom stereocenters. The lowest BCUT2D eigenvalue weighted by atomic mass is 10.0. The van der Waals surface area contributed by atoms with Gasteiger partial charge in [0.2, 0.25) is 0 Å². The summed E-state index contributed by atoms with van der Waals surface area (Å²) in [4.78, 5) is 44.1. The minimum atomic E-state index is -0.512. The van der Waals surface area contributed by atoms with Crippen LogP contribution < -0.4 is 0 Å². The monoisotopic (exact) mass is 494 g/mol. The largest absolute Gasteiger partial charge is 0.444 e. The van der Waals surface area contributed by atoms with Gasteiger partial charge in [-0.15, -0.1) is 0 Å². The van der Waals surface area contributed by atoms with Crippen LogP contribution in [0, 0.1) is 0 Å². The van der Waals surface area contributed by atoms with Crippen molar-refractivity contribution in [3.8, 4) is 0 Å². The molecule has 194 valence electrons. The average Bonchev–Trinajstić information content (AvgIpc) is 3.37. The molecule has 0 aliphatic carbocycles. The lowest BCUT2D eigenvalue weighted by molar-refractivity contribution is 0.0186. The maximum absolute atomic E-state index is 13.4. The van der Waals surface area contributed by atoms with Crippen LogP contribution in [0.4, 0.5) is 4.79 Å². The van der Waals surface area contributed by atoms with E-state index >= 15 is 0 Å². The highest BCUT2D eigenvalue weighted by atomic mass is 16.6. The molecule has 2 aromatic rings. The topological polar surface area (TPSA) is 75.1 Å². The number of aryl methyl sites for hydroxylation is 1. The first kappa shape index (κ1) is 25.8. The van der Waals surface area contributed by atoms with Crippen LogP contribution in [-0.2, 0) is 11.2 Å². The van der Waals surface area contributed by atoms with Gasteiger partial charge in [-0.3, -0.25) is 9.59 Å². The predicted molar refractivity (Wildman–Crippen MR) is 138 cm³/mol. The van der Waals surface area contributed by atoms with Crippen molar-refractivity contribution >= 4 is 17.9 Å². The molecular weight excluding hydrogens is 456 g/mol.